The van der Waals surface area contributed by atoms with E-state index in [2.05, 4.69) is 61.2 Å². The zero-order chi connectivity index (χ0) is 14.8. The fourth-order valence-electron chi connectivity index (χ4n) is 3.24. The van der Waals surface area contributed by atoms with E-state index in [1.54, 1.807) is 0 Å². The molecule has 0 unspecified atom stereocenters. The van der Waals surface area contributed by atoms with Gasteiger partial charge in [0.2, 0.25) is 0 Å². The highest BCUT2D eigenvalue weighted by atomic mass is 15.1. The quantitative estimate of drug-likeness (QED) is 0.897. The fourth-order valence-corrected chi connectivity index (χ4v) is 3.24. The first-order valence-electron chi connectivity index (χ1n) is 7.92. The SMILES string of the molecule is CC[C@@H](N)c1ccccc1N1CCCc2cc(C)ccc21. The molecule has 1 aliphatic heterocycles. The number of para-hydroxylation sites is 1. The molecule has 2 N–H and O–H groups in total. The third-order valence-corrected chi connectivity index (χ3v) is 4.42. The van der Waals surface area contributed by atoms with Crippen molar-refractivity contribution in [1.82, 2.24) is 0 Å². The van der Waals surface area contributed by atoms with Crippen LogP contribution in [0, 0.1) is 6.92 Å². The molecule has 2 aromatic carbocycles. The van der Waals surface area contributed by atoms with Crippen LogP contribution in [0.25, 0.3) is 0 Å². The molecule has 0 radical (unpaired) electrons. The highest BCUT2D eigenvalue weighted by Gasteiger charge is 2.21. The van der Waals surface area contributed by atoms with Gasteiger partial charge in [-0.25, -0.2) is 0 Å². The van der Waals surface area contributed by atoms with E-state index >= 15 is 0 Å². The maximum absolute atomic E-state index is 6.32. The number of nitrogens with zero attached hydrogens (tertiary/aromatic N) is 1. The summed E-state index contributed by atoms with van der Waals surface area (Å²) < 4.78 is 0. The summed E-state index contributed by atoms with van der Waals surface area (Å²) in [5, 5.41) is 0. The minimum absolute atomic E-state index is 0.108. The third-order valence-electron chi connectivity index (χ3n) is 4.42. The predicted molar refractivity (Wildman–Crippen MR) is 90.2 cm³/mol. The lowest BCUT2D eigenvalue weighted by Crippen LogP contribution is -2.26. The lowest BCUT2D eigenvalue weighted by Gasteiger charge is -2.34. The molecule has 0 saturated heterocycles. The van der Waals surface area contributed by atoms with Crippen LogP contribution >= 0.6 is 0 Å². The van der Waals surface area contributed by atoms with Crippen LogP contribution < -0.4 is 10.6 Å². The lowest BCUT2D eigenvalue weighted by molar-refractivity contribution is 0.690. The Kier molecular flexibility index (Phi) is 3.98. The monoisotopic (exact) mass is 280 g/mol. The molecule has 0 fully saturated rings. The number of fused-ring (bicyclic) bond motifs is 1. The van der Waals surface area contributed by atoms with Crippen LogP contribution in [0.5, 0.6) is 0 Å². The summed E-state index contributed by atoms with van der Waals surface area (Å²) in [7, 11) is 0. The van der Waals surface area contributed by atoms with Crippen LogP contribution in [0.15, 0.2) is 42.5 Å². The molecule has 0 amide bonds. The molecule has 0 bridgehead atoms. The number of aryl methyl sites for hydroxylation is 2. The van der Waals surface area contributed by atoms with Gasteiger partial charge in [-0.15, -0.1) is 0 Å². The molecule has 110 valence electrons. The van der Waals surface area contributed by atoms with Crippen molar-refractivity contribution < 1.29 is 0 Å². The van der Waals surface area contributed by atoms with Crippen molar-refractivity contribution in [2.45, 2.75) is 39.2 Å². The minimum Gasteiger partial charge on any atom is -0.341 e. The number of anilines is 2. The van der Waals surface area contributed by atoms with Gasteiger partial charge in [0.05, 0.1) is 0 Å². The Morgan fingerprint density at radius 2 is 1.95 bits per heavy atom. The van der Waals surface area contributed by atoms with Gasteiger partial charge in [-0.1, -0.05) is 42.8 Å². The molecule has 2 heteroatoms. The predicted octanol–water partition coefficient (Wildman–Crippen LogP) is 4.49. The molecule has 0 aliphatic carbocycles. The Labute approximate surface area is 127 Å². The van der Waals surface area contributed by atoms with Crippen LogP contribution in [-0.4, -0.2) is 6.54 Å². The van der Waals surface area contributed by atoms with Crippen molar-refractivity contribution >= 4 is 11.4 Å². The van der Waals surface area contributed by atoms with E-state index in [-0.39, 0.29) is 6.04 Å². The Morgan fingerprint density at radius 3 is 2.76 bits per heavy atom. The number of hydrogen-bond donors (Lipinski definition) is 1. The first-order valence-corrected chi connectivity index (χ1v) is 7.92. The van der Waals surface area contributed by atoms with E-state index in [1.807, 2.05) is 0 Å². The summed E-state index contributed by atoms with van der Waals surface area (Å²) in [6.45, 7) is 5.39. The number of benzene rings is 2. The summed E-state index contributed by atoms with van der Waals surface area (Å²) in [6.07, 6.45) is 3.34. The zero-order valence-corrected chi connectivity index (χ0v) is 13.0. The van der Waals surface area contributed by atoms with Crippen LogP contribution in [-0.2, 0) is 6.42 Å². The van der Waals surface area contributed by atoms with Gasteiger partial charge in [0.15, 0.2) is 0 Å². The second-order valence-electron chi connectivity index (χ2n) is 5.96. The molecular weight excluding hydrogens is 256 g/mol. The first-order chi connectivity index (χ1) is 10.2. The van der Waals surface area contributed by atoms with Crippen LogP contribution in [0.4, 0.5) is 11.4 Å². The van der Waals surface area contributed by atoms with E-state index in [1.165, 1.54) is 40.9 Å². The van der Waals surface area contributed by atoms with E-state index in [4.69, 9.17) is 5.73 Å². The number of hydrogen-bond acceptors (Lipinski definition) is 2. The average Bonchev–Trinajstić information content (AvgIpc) is 2.53. The first kappa shape index (κ1) is 14.2. The summed E-state index contributed by atoms with van der Waals surface area (Å²) in [6, 6.07) is 15.5. The fraction of sp³-hybridized carbons (Fsp3) is 0.368. The van der Waals surface area contributed by atoms with Gasteiger partial charge in [0.25, 0.3) is 0 Å². The minimum atomic E-state index is 0.108. The number of nitrogens with two attached hydrogens (primary N) is 1. The molecule has 0 saturated carbocycles. The van der Waals surface area contributed by atoms with Gasteiger partial charge in [-0.3, -0.25) is 0 Å². The Balaban J connectivity index is 2.07. The third kappa shape index (κ3) is 2.68. The Bertz CT molecular complexity index is 633. The summed E-state index contributed by atoms with van der Waals surface area (Å²) in [4.78, 5) is 2.45. The maximum atomic E-state index is 6.32. The van der Waals surface area contributed by atoms with Crippen molar-refractivity contribution in [3.63, 3.8) is 0 Å². The van der Waals surface area contributed by atoms with Crippen molar-refractivity contribution in [2.75, 3.05) is 11.4 Å². The topological polar surface area (TPSA) is 29.3 Å². The molecule has 21 heavy (non-hydrogen) atoms. The molecule has 2 nitrogen and oxygen atoms in total. The molecular formula is C19H24N2. The van der Waals surface area contributed by atoms with Gasteiger partial charge < -0.3 is 10.6 Å². The lowest BCUT2D eigenvalue weighted by atomic mass is 9.96. The summed E-state index contributed by atoms with van der Waals surface area (Å²) in [5.41, 5.74) is 13.0. The van der Waals surface area contributed by atoms with Gasteiger partial charge >= 0.3 is 0 Å². The Morgan fingerprint density at radius 1 is 1.14 bits per heavy atom. The summed E-state index contributed by atoms with van der Waals surface area (Å²) in [5.74, 6) is 0. The van der Waals surface area contributed by atoms with Gasteiger partial charge in [0.1, 0.15) is 0 Å². The second kappa shape index (κ2) is 5.90. The highest BCUT2D eigenvalue weighted by molar-refractivity contribution is 5.71. The van der Waals surface area contributed by atoms with E-state index in [0.29, 0.717) is 0 Å². The summed E-state index contributed by atoms with van der Waals surface area (Å²) >= 11 is 0. The second-order valence-corrected chi connectivity index (χ2v) is 5.96. The normalized spacial score (nSPS) is 15.7. The van der Waals surface area contributed by atoms with Crippen molar-refractivity contribution in [1.29, 1.82) is 0 Å². The van der Waals surface area contributed by atoms with Crippen LogP contribution in [0.3, 0.4) is 0 Å². The van der Waals surface area contributed by atoms with E-state index in [9.17, 15) is 0 Å². The number of rotatable bonds is 3. The smallest absolute Gasteiger partial charge is 0.0459 e. The molecule has 0 aromatic heterocycles. The zero-order valence-electron chi connectivity index (χ0n) is 13.0. The maximum Gasteiger partial charge on any atom is 0.0459 e. The standard InChI is InChI=1S/C19H24N2/c1-3-17(20)16-8-4-5-9-19(16)21-12-6-7-15-13-14(2)10-11-18(15)21/h4-5,8-11,13,17H,3,6-7,12,20H2,1-2H3/t17-/m1/s1. The molecule has 1 aliphatic rings. The van der Waals surface area contributed by atoms with E-state index < -0.39 is 0 Å². The Hall–Kier alpha value is -1.80. The molecule has 2 aromatic rings. The van der Waals surface area contributed by atoms with Gasteiger partial charge in [-0.2, -0.15) is 0 Å². The molecule has 3 rings (SSSR count). The molecule has 0 spiro atoms. The van der Waals surface area contributed by atoms with E-state index in [0.717, 1.165) is 13.0 Å². The largest absolute Gasteiger partial charge is 0.341 e. The van der Waals surface area contributed by atoms with Crippen LogP contribution in [0.2, 0.25) is 0 Å². The van der Waals surface area contributed by atoms with Crippen LogP contribution in [0.1, 0.15) is 42.5 Å². The van der Waals surface area contributed by atoms with Crippen molar-refractivity contribution in [3.8, 4) is 0 Å². The average molecular weight is 280 g/mol. The van der Waals surface area contributed by atoms with Gasteiger partial charge in [-0.05, 0) is 49.4 Å². The van der Waals surface area contributed by atoms with Crippen molar-refractivity contribution in [2.24, 2.45) is 5.73 Å². The highest BCUT2D eigenvalue weighted by Crippen LogP contribution is 2.37. The molecule has 1 atom stereocenters. The van der Waals surface area contributed by atoms with Gasteiger partial charge in [0, 0.05) is 24.0 Å². The molecule has 1 heterocycles. The van der Waals surface area contributed by atoms with Crippen molar-refractivity contribution in [3.05, 3.63) is 59.2 Å².